The number of hydrogen-bond acceptors (Lipinski definition) is 8. The molecule has 10 heteroatoms. The maximum absolute atomic E-state index is 13.6. The van der Waals surface area contributed by atoms with E-state index in [1.165, 1.54) is 0 Å². The summed E-state index contributed by atoms with van der Waals surface area (Å²) in [6.45, 7) is 15.8. The average molecular weight is 545 g/mol. The summed E-state index contributed by atoms with van der Waals surface area (Å²) in [5.41, 5.74) is -3.43. The van der Waals surface area contributed by atoms with Crippen LogP contribution in [0.2, 0.25) is 0 Å². The SMILES string of the molecule is CC1(C)CC(C(CCCCCCCC(=O)O)(C(=O)O)C2CC(C)(C)N(OO)C(C)(C)C2)CC(C)(C)N1OO. The molecule has 0 spiro atoms. The van der Waals surface area contributed by atoms with Crippen LogP contribution in [0, 0.1) is 17.3 Å². The van der Waals surface area contributed by atoms with Crippen LogP contribution in [0.15, 0.2) is 0 Å². The first kappa shape index (κ1) is 32.9. The molecule has 0 bridgehead atoms. The molecule has 38 heavy (non-hydrogen) atoms. The predicted molar refractivity (Wildman–Crippen MR) is 143 cm³/mol. The second kappa shape index (κ2) is 12.1. The number of unbranched alkanes of at least 4 members (excludes halogenated alkanes) is 4. The van der Waals surface area contributed by atoms with Crippen molar-refractivity contribution in [3.63, 3.8) is 0 Å². The molecule has 2 rings (SSSR count). The van der Waals surface area contributed by atoms with Gasteiger partial charge in [0.1, 0.15) is 0 Å². The minimum atomic E-state index is -1.03. The van der Waals surface area contributed by atoms with E-state index in [1.807, 2.05) is 55.4 Å². The lowest BCUT2D eigenvalue weighted by Crippen LogP contribution is -2.66. The largest absolute Gasteiger partial charge is 0.481 e. The normalized spacial score (nSPS) is 24.4. The molecule has 2 aliphatic rings. The van der Waals surface area contributed by atoms with E-state index in [-0.39, 0.29) is 18.3 Å². The lowest BCUT2D eigenvalue weighted by molar-refractivity contribution is -0.460. The minimum absolute atomic E-state index is 0.157. The quantitative estimate of drug-likeness (QED) is 0.120. The van der Waals surface area contributed by atoms with E-state index in [1.54, 1.807) is 10.1 Å². The maximum Gasteiger partial charge on any atom is 0.310 e. The van der Waals surface area contributed by atoms with E-state index in [9.17, 15) is 25.2 Å². The zero-order valence-corrected chi connectivity index (χ0v) is 24.7. The van der Waals surface area contributed by atoms with Crippen molar-refractivity contribution in [3.8, 4) is 0 Å². The van der Waals surface area contributed by atoms with Crippen molar-refractivity contribution in [3.05, 3.63) is 0 Å². The maximum atomic E-state index is 13.6. The first-order valence-electron chi connectivity index (χ1n) is 14.1. The summed E-state index contributed by atoms with van der Waals surface area (Å²) in [6.07, 6.45) is 6.70. The summed E-state index contributed by atoms with van der Waals surface area (Å²) in [6, 6.07) is 0. The fourth-order valence-electron chi connectivity index (χ4n) is 8.12. The Morgan fingerprint density at radius 1 is 0.684 bits per heavy atom. The Hall–Kier alpha value is -1.30. The average Bonchev–Trinajstić information content (AvgIpc) is 2.72. The standard InChI is InChI=1S/C28H52N2O8/c1-24(2)16-20(17-25(3,4)29(24)37-35)28(23(33)34,15-13-11-9-10-12-14-22(31)32)21-18-26(5,6)30(38-36)27(7,8)19-21/h20-21,35-36H,9-19H2,1-8H3,(H,31,32)(H,33,34). The van der Waals surface area contributed by atoms with Gasteiger partial charge in [-0.15, -0.1) is 20.1 Å². The van der Waals surface area contributed by atoms with Gasteiger partial charge in [0.25, 0.3) is 0 Å². The van der Waals surface area contributed by atoms with E-state index in [4.69, 9.17) is 15.1 Å². The molecule has 0 aromatic rings. The van der Waals surface area contributed by atoms with Gasteiger partial charge in [0, 0.05) is 28.6 Å². The second-order valence-electron chi connectivity index (χ2n) is 14.2. The molecule has 222 valence electrons. The molecular formula is C28H52N2O8. The van der Waals surface area contributed by atoms with Gasteiger partial charge >= 0.3 is 11.9 Å². The van der Waals surface area contributed by atoms with Crippen molar-refractivity contribution in [1.29, 1.82) is 0 Å². The van der Waals surface area contributed by atoms with Crippen molar-refractivity contribution < 1.29 is 40.3 Å². The molecule has 0 radical (unpaired) electrons. The van der Waals surface area contributed by atoms with Gasteiger partial charge < -0.3 is 10.2 Å². The van der Waals surface area contributed by atoms with Crippen LogP contribution in [-0.2, 0) is 19.6 Å². The van der Waals surface area contributed by atoms with Gasteiger partial charge in [0.15, 0.2) is 0 Å². The highest BCUT2D eigenvalue weighted by Gasteiger charge is 2.62. The fraction of sp³-hybridized carbons (Fsp3) is 0.929. The molecule has 0 saturated carbocycles. The highest BCUT2D eigenvalue weighted by Crippen LogP contribution is 2.58. The van der Waals surface area contributed by atoms with Crippen molar-refractivity contribution in [2.24, 2.45) is 17.3 Å². The second-order valence-corrected chi connectivity index (χ2v) is 14.2. The number of aliphatic carboxylic acids is 2. The molecule has 4 N–H and O–H groups in total. The van der Waals surface area contributed by atoms with Crippen molar-refractivity contribution in [2.45, 2.75) is 148 Å². The van der Waals surface area contributed by atoms with Crippen molar-refractivity contribution in [2.75, 3.05) is 0 Å². The molecule has 0 atom stereocenters. The van der Waals surface area contributed by atoms with E-state index < -0.39 is 39.5 Å². The number of carbonyl (C=O) groups is 2. The first-order valence-corrected chi connectivity index (χ1v) is 14.1. The zero-order chi connectivity index (χ0) is 29.2. The highest BCUT2D eigenvalue weighted by molar-refractivity contribution is 5.76. The monoisotopic (exact) mass is 544 g/mol. The molecule has 0 aromatic heterocycles. The number of piperidine rings is 2. The van der Waals surface area contributed by atoms with Gasteiger partial charge in [-0.05, 0) is 106 Å². The third-order valence-corrected chi connectivity index (χ3v) is 9.18. The molecule has 0 amide bonds. The lowest BCUT2D eigenvalue weighted by Gasteiger charge is -2.60. The Balaban J connectivity index is 2.46. The number of hydroxylamine groups is 4. The number of carboxylic acids is 2. The van der Waals surface area contributed by atoms with Crippen LogP contribution < -0.4 is 0 Å². The Kier molecular flexibility index (Phi) is 10.4. The van der Waals surface area contributed by atoms with Gasteiger partial charge in [-0.2, -0.15) is 0 Å². The number of hydrogen-bond donors (Lipinski definition) is 4. The van der Waals surface area contributed by atoms with Crippen molar-refractivity contribution in [1.82, 2.24) is 10.1 Å². The van der Waals surface area contributed by atoms with E-state index in [0.717, 1.165) is 25.7 Å². The molecular weight excluding hydrogens is 492 g/mol. The van der Waals surface area contributed by atoms with Crippen LogP contribution in [-0.4, -0.2) is 64.9 Å². The van der Waals surface area contributed by atoms with E-state index in [0.29, 0.717) is 38.5 Å². The van der Waals surface area contributed by atoms with Crippen LogP contribution in [0.4, 0.5) is 0 Å². The molecule has 2 saturated heterocycles. The van der Waals surface area contributed by atoms with Crippen LogP contribution in [0.5, 0.6) is 0 Å². The van der Waals surface area contributed by atoms with Gasteiger partial charge in [-0.25, -0.2) is 10.5 Å². The summed E-state index contributed by atoms with van der Waals surface area (Å²) >= 11 is 0. The summed E-state index contributed by atoms with van der Waals surface area (Å²) in [5, 5.41) is 42.6. The van der Waals surface area contributed by atoms with E-state index in [2.05, 4.69) is 0 Å². The number of nitrogens with zero attached hydrogens (tertiary/aromatic N) is 2. The van der Waals surface area contributed by atoms with Gasteiger partial charge in [-0.3, -0.25) is 9.59 Å². The first-order chi connectivity index (χ1) is 17.4. The van der Waals surface area contributed by atoms with E-state index >= 15 is 0 Å². The summed E-state index contributed by atoms with van der Waals surface area (Å²) in [7, 11) is 0. The van der Waals surface area contributed by atoms with Crippen molar-refractivity contribution >= 4 is 11.9 Å². The molecule has 0 aliphatic carbocycles. The highest BCUT2D eigenvalue weighted by atomic mass is 17.2. The fourth-order valence-corrected chi connectivity index (χ4v) is 8.12. The molecule has 2 aliphatic heterocycles. The Morgan fingerprint density at radius 3 is 1.34 bits per heavy atom. The third kappa shape index (κ3) is 6.88. The molecule has 2 heterocycles. The van der Waals surface area contributed by atoms with Crippen LogP contribution in [0.3, 0.4) is 0 Å². The number of carboxylic acid groups (broad SMARTS) is 2. The topological polar surface area (TPSA) is 140 Å². The van der Waals surface area contributed by atoms with Crippen LogP contribution in [0.1, 0.15) is 126 Å². The van der Waals surface area contributed by atoms with Gasteiger partial charge in [-0.1, -0.05) is 25.7 Å². The zero-order valence-electron chi connectivity index (χ0n) is 24.7. The lowest BCUT2D eigenvalue weighted by atomic mass is 9.52. The Labute approximate surface area is 228 Å². The number of rotatable bonds is 13. The third-order valence-electron chi connectivity index (χ3n) is 9.18. The Morgan fingerprint density at radius 2 is 1.03 bits per heavy atom. The minimum Gasteiger partial charge on any atom is -0.481 e. The molecule has 10 nitrogen and oxygen atoms in total. The Bertz CT molecular complexity index is 746. The molecule has 0 aromatic carbocycles. The smallest absolute Gasteiger partial charge is 0.310 e. The van der Waals surface area contributed by atoms with Crippen LogP contribution in [0.25, 0.3) is 0 Å². The molecule has 2 fully saturated rings. The summed E-state index contributed by atoms with van der Waals surface area (Å²) in [5.74, 6) is -1.95. The summed E-state index contributed by atoms with van der Waals surface area (Å²) in [4.78, 5) is 34.0. The predicted octanol–water partition coefficient (Wildman–Crippen LogP) is 6.22. The molecule has 0 unspecified atom stereocenters. The van der Waals surface area contributed by atoms with Crippen LogP contribution >= 0.6 is 0 Å². The summed E-state index contributed by atoms with van der Waals surface area (Å²) < 4.78 is 0. The van der Waals surface area contributed by atoms with Gasteiger partial charge in [0.2, 0.25) is 0 Å². The van der Waals surface area contributed by atoms with Gasteiger partial charge in [0.05, 0.1) is 5.41 Å².